The molecule has 5 nitrogen and oxygen atoms in total. The SMILES string of the molecule is COc1cc(CC(O)CO)ccc1OC(C)=O. The lowest BCUT2D eigenvalue weighted by Gasteiger charge is -2.11. The maximum Gasteiger partial charge on any atom is 0.308 e. The van der Waals surface area contributed by atoms with Crippen molar-refractivity contribution in [2.24, 2.45) is 0 Å². The molecule has 1 aromatic carbocycles. The summed E-state index contributed by atoms with van der Waals surface area (Å²) in [6, 6.07) is 4.97. The average molecular weight is 240 g/mol. The molecular formula is C12H16O5. The van der Waals surface area contributed by atoms with Crippen molar-refractivity contribution in [3.05, 3.63) is 23.8 Å². The normalized spacial score (nSPS) is 12.0. The number of aliphatic hydroxyl groups is 2. The van der Waals surface area contributed by atoms with Crippen LogP contribution in [0.15, 0.2) is 18.2 Å². The zero-order valence-corrected chi connectivity index (χ0v) is 9.84. The van der Waals surface area contributed by atoms with E-state index in [4.69, 9.17) is 14.6 Å². The number of ether oxygens (including phenoxy) is 2. The van der Waals surface area contributed by atoms with Gasteiger partial charge in [0.25, 0.3) is 0 Å². The van der Waals surface area contributed by atoms with Crippen molar-refractivity contribution < 1.29 is 24.5 Å². The highest BCUT2D eigenvalue weighted by atomic mass is 16.6. The maximum atomic E-state index is 10.8. The second-order valence-corrected chi connectivity index (χ2v) is 3.62. The van der Waals surface area contributed by atoms with E-state index >= 15 is 0 Å². The highest BCUT2D eigenvalue weighted by Crippen LogP contribution is 2.28. The van der Waals surface area contributed by atoms with Gasteiger partial charge in [0.15, 0.2) is 11.5 Å². The van der Waals surface area contributed by atoms with Crippen LogP contribution in [-0.4, -0.2) is 36.0 Å². The number of carbonyl (C=O) groups is 1. The van der Waals surface area contributed by atoms with E-state index in [1.165, 1.54) is 14.0 Å². The Morgan fingerprint density at radius 1 is 1.41 bits per heavy atom. The summed E-state index contributed by atoms with van der Waals surface area (Å²) in [7, 11) is 1.47. The Labute approximate surface area is 99.6 Å². The van der Waals surface area contributed by atoms with Gasteiger partial charge in [-0.3, -0.25) is 4.79 Å². The highest BCUT2D eigenvalue weighted by molar-refractivity contribution is 5.70. The van der Waals surface area contributed by atoms with Gasteiger partial charge in [-0.1, -0.05) is 6.07 Å². The van der Waals surface area contributed by atoms with Gasteiger partial charge in [-0.15, -0.1) is 0 Å². The molecule has 1 unspecified atom stereocenters. The molecule has 0 amide bonds. The number of rotatable bonds is 5. The van der Waals surface area contributed by atoms with Gasteiger partial charge in [0, 0.05) is 13.3 Å². The molecular weight excluding hydrogens is 224 g/mol. The Morgan fingerprint density at radius 2 is 2.12 bits per heavy atom. The van der Waals surface area contributed by atoms with Gasteiger partial charge < -0.3 is 19.7 Å². The van der Waals surface area contributed by atoms with Crippen LogP contribution in [0.3, 0.4) is 0 Å². The summed E-state index contributed by atoms with van der Waals surface area (Å²) in [5, 5.41) is 18.1. The van der Waals surface area contributed by atoms with Gasteiger partial charge >= 0.3 is 5.97 Å². The standard InChI is InChI=1S/C12H16O5/c1-8(14)17-11-4-3-9(5-10(15)7-13)6-12(11)16-2/h3-4,6,10,13,15H,5,7H2,1-2H3. The second-order valence-electron chi connectivity index (χ2n) is 3.62. The average Bonchev–Trinajstić information content (AvgIpc) is 2.30. The van der Waals surface area contributed by atoms with E-state index < -0.39 is 12.1 Å². The van der Waals surface area contributed by atoms with Crippen molar-refractivity contribution in [2.45, 2.75) is 19.4 Å². The molecule has 1 rings (SSSR count). The van der Waals surface area contributed by atoms with Crippen LogP contribution in [0.25, 0.3) is 0 Å². The maximum absolute atomic E-state index is 10.8. The Bertz CT molecular complexity index is 388. The van der Waals surface area contributed by atoms with Gasteiger partial charge in [0.05, 0.1) is 19.8 Å². The number of carbonyl (C=O) groups excluding carboxylic acids is 1. The lowest BCUT2D eigenvalue weighted by atomic mass is 10.1. The van der Waals surface area contributed by atoms with Gasteiger partial charge in [0.1, 0.15) is 0 Å². The summed E-state index contributed by atoms with van der Waals surface area (Å²) in [6.45, 7) is 1.01. The quantitative estimate of drug-likeness (QED) is 0.579. The zero-order valence-electron chi connectivity index (χ0n) is 9.84. The largest absolute Gasteiger partial charge is 0.493 e. The van der Waals surface area contributed by atoms with Crippen molar-refractivity contribution in [3.63, 3.8) is 0 Å². The minimum absolute atomic E-state index is 0.298. The van der Waals surface area contributed by atoms with Crippen molar-refractivity contribution in [3.8, 4) is 11.5 Å². The molecule has 0 aliphatic rings. The van der Waals surface area contributed by atoms with Crippen LogP contribution >= 0.6 is 0 Å². The number of hydrogen-bond acceptors (Lipinski definition) is 5. The van der Waals surface area contributed by atoms with Crippen LogP contribution in [0.2, 0.25) is 0 Å². The van der Waals surface area contributed by atoms with E-state index in [2.05, 4.69) is 0 Å². The topological polar surface area (TPSA) is 76.0 Å². The third-order valence-electron chi connectivity index (χ3n) is 2.16. The second kappa shape index (κ2) is 6.22. The minimum atomic E-state index is -0.806. The van der Waals surface area contributed by atoms with Crippen LogP contribution in [0.4, 0.5) is 0 Å². The number of methoxy groups -OCH3 is 1. The van der Waals surface area contributed by atoms with Gasteiger partial charge in [-0.25, -0.2) is 0 Å². The lowest BCUT2D eigenvalue weighted by molar-refractivity contribution is -0.132. The van der Waals surface area contributed by atoms with E-state index in [0.717, 1.165) is 5.56 Å². The lowest BCUT2D eigenvalue weighted by Crippen LogP contribution is -2.15. The Morgan fingerprint density at radius 3 is 2.65 bits per heavy atom. The molecule has 0 radical (unpaired) electrons. The first-order valence-electron chi connectivity index (χ1n) is 5.21. The molecule has 2 N–H and O–H groups in total. The van der Waals surface area contributed by atoms with Gasteiger partial charge in [-0.05, 0) is 17.7 Å². The van der Waals surface area contributed by atoms with Crippen molar-refractivity contribution in [2.75, 3.05) is 13.7 Å². The van der Waals surface area contributed by atoms with Crippen molar-refractivity contribution >= 4 is 5.97 Å². The molecule has 1 atom stereocenters. The Balaban J connectivity index is 2.88. The Kier molecular flexibility index (Phi) is 4.93. The molecule has 17 heavy (non-hydrogen) atoms. The molecule has 1 aromatic rings. The van der Waals surface area contributed by atoms with Gasteiger partial charge in [0.2, 0.25) is 0 Å². The highest BCUT2D eigenvalue weighted by Gasteiger charge is 2.10. The molecule has 0 heterocycles. The van der Waals surface area contributed by atoms with Crippen LogP contribution in [-0.2, 0) is 11.2 Å². The fraction of sp³-hybridized carbons (Fsp3) is 0.417. The third kappa shape index (κ3) is 4.05. The number of benzene rings is 1. The first-order valence-corrected chi connectivity index (χ1v) is 5.21. The van der Waals surface area contributed by atoms with Crippen LogP contribution in [0.5, 0.6) is 11.5 Å². The molecule has 0 saturated carbocycles. The van der Waals surface area contributed by atoms with E-state index in [9.17, 15) is 9.90 Å². The summed E-state index contributed by atoms with van der Waals surface area (Å²) in [4.78, 5) is 10.8. The molecule has 5 heteroatoms. The smallest absolute Gasteiger partial charge is 0.308 e. The Hall–Kier alpha value is -1.59. The summed E-state index contributed by atoms with van der Waals surface area (Å²) in [6.07, 6.45) is -0.494. The molecule has 0 saturated heterocycles. The molecule has 0 aliphatic heterocycles. The molecule has 0 aliphatic carbocycles. The monoisotopic (exact) mass is 240 g/mol. The first-order chi connectivity index (χ1) is 8.06. The van der Waals surface area contributed by atoms with Crippen LogP contribution in [0, 0.1) is 0 Å². The first kappa shape index (κ1) is 13.5. The predicted octanol–water partition coefficient (Wildman–Crippen LogP) is 0.516. The third-order valence-corrected chi connectivity index (χ3v) is 2.16. The predicted molar refractivity (Wildman–Crippen MR) is 61.1 cm³/mol. The van der Waals surface area contributed by atoms with Crippen molar-refractivity contribution in [1.82, 2.24) is 0 Å². The summed E-state index contributed by atoms with van der Waals surface area (Å²) in [5.74, 6) is 0.330. The fourth-order valence-electron chi connectivity index (χ4n) is 1.41. The van der Waals surface area contributed by atoms with E-state index in [0.29, 0.717) is 17.9 Å². The van der Waals surface area contributed by atoms with Crippen molar-refractivity contribution in [1.29, 1.82) is 0 Å². The van der Waals surface area contributed by atoms with E-state index in [1.807, 2.05) is 0 Å². The molecule has 0 aromatic heterocycles. The number of esters is 1. The van der Waals surface area contributed by atoms with Crippen LogP contribution < -0.4 is 9.47 Å². The summed E-state index contributed by atoms with van der Waals surface area (Å²) >= 11 is 0. The molecule has 0 spiro atoms. The number of aliphatic hydroxyl groups excluding tert-OH is 2. The fourth-order valence-corrected chi connectivity index (χ4v) is 1.41. The minimum Gasteiger partial charge on any atom is -0.493 e. The summed E-state index contributed by atoms with van der Waals surface area (Å²) in [5.41, 5.74) is 0.791. The van der Waals surface area contributed by atoms with Gasteiger partial charge in [-0.2, -0.15) is 0 Å². The molecule has 94 valence electrons. The number of hydrogen-bond donors (Lipinski definition) is 2. The molecule has 0 bridgehead atoms. The zero-order chi connectivity index (χ0) is 12.8. The van der Waals surface area contributed by atoms with E-state index in [-0.39, 0.29) is 6.61 Å². The molecule has 0 fully saturated rings. The van der Waals surface area contributed by atoms with E-state index in [1.54, 1.807) is 18.2 Å². The van der Waals surface area contributed by atoms with Crippen LogP contribution in [0.1, 0.15) is 12.5 Å². The summed E-state index contributed by atoms with van der Waals surface area (Å²) < 4.78 is 10.0.